The van der Waals surface area contributed by atoms with Gasteiger partial charge in [-0.1, -0.05) is 23.7 Å². The van der Waals surface area contributed by atoms with E-state index in [2.05, 4.69) is 0 Å². The van der Waals surface area contributed by atoms with Gasteiger partial charge in [0, 0.05) is 37.1 Å². The molecule has 1 amide bonds. The molecule has 0 saturated carbocycles. The summed E-state index contributed by atoms with van der Waals surface area (Å²) in [5.74, 6) is -1.63. The van der Waals surface area contributed by atoms with E-state index >= 15 is 0 Å². The van der Waals surface area contributed by atoms with Gasteiger partial charge in [-0.2, -0.15) is 0 Å². The highest BCUT2D eigenvalue weighted by atomic mass is 35.5. The maximum atomic E-state index is 12.6. The Kier molecular flexibility index (Phi) is 4.55. The highest BCUT2D eigenvalue weighted by Gasteiger charge is 2.59. The van der Waals surface area contributed by atoms with Crippen LogP contribution in [0.4, 0.5) is 0 Å². The highest BCUT2D eigenvalue weighted by Crippen LogP contribution is 2.43. The number of carbonyl (C=O) groups is 2. The van der Waals surface area contributed by atoms with Crippen LogP contribution in [0, 0.1) is 11.3 Å². The number of aliphatic carboxylic acids is 1. The van der Waals surface area contributed by atoms with Crippen LogP contribution in [0.15, 0.2) is 24.3 Å². The lowest BCUT2D eigenvalue weighted by molar-refractivity contribution is -0.148. The van der Waals surface area contributed by atoms with E-state index < -0.39 is 27.3 Å². The normalized spacial score (nSPS) is 26.6. The number of nitrogens with zero attached hydrogens (tertiary/aromatic N) is 2. The molecule has 1 aromatic carbocycles. The molecule has 2 saturated heterocycles. The first kappa shape index (κ1) is 18.2. The molecule has 2 aliphatic heterocycles. The van der Waals surface area contributed by atoms with Crippen LogP contribution in [-0.2, 0) is 26.0 Å². The predicted octanol–water partition coefficient (Wildman–Crippen LogP) is 0.687. The fourth-order valence-electron chi connectivity index (χ4n) is 3.70. The fraction of sp³-hybridized carbons (Fsp3) is 0.500. The average molecular weight is 387 g/mol. The number of benzene rings is 1. The van der Waals surface area contributed by atoms with Gasteiger partial charge in [0.05, 0.1) is 12.7 Å². The molecule has 0 unspecified atom stereocenters. The van der Waals surface area contributed by atoms with Gasteiger partial charge in [0.1, 0.15) is 5.41 Å². The molecular weight excluding hydrogens is 368 g/mol. The van der Waals surface area contributed by atoms with E-state index in [1.807, 2.05) is 0 Å². The van der Waals surface area contributed by atoms with E-state index in [0.29, 0.717) is 5.02 Å². The molecule has 3 rings (SSSR count). The second-order valence-corrected chi connectivity index (χ2v) is 9.21. The van der Waals surface area contributed by atoms with Gasteiger partial charge in [0.2, 0.25) is 15.9 Å². The zero-order chi connectivity index (χ0) is 18.4. The van der Waals surface area contributed by atoms with Crippen molar-refractivity contribution in [1.29, 1.82) is 0 Å². The zero-order valence-electron chi connectivity index (χ0n) is 13.7. The standard InChI is InChI=1S/C16H19ClN2O5S/c1-25(23,24)19-8-12-7-18(9-16(12,10-19)15(21)22)14(20)6-11-3-2-4-13(17)5-11/h2-5,12H,6-10H2,1H3,(H,21,22)/t12-,16-/m1/s1. The Labute approximate surface area is 151 Å². The van der Waals surface area contributed by atoms with Crippen LogP contribution in [-0.4, -0.2) is 67.0 Å². The molecule has 25 heavy (non-hydrogen) atoms. The fourth-order valence-corrected chi connectivity index (χ4v) is 4.83. The van der Waals surface area contributed by atoms with Gasteiger partial charge in [-0.3, -0.25) is 9.59 Å². The first-order valence-corrected chi connectivity index (χ1v) is 10.1. The Morgan fingerprint density at radius 3 is 2.60 bits per heavy atom. The van der Waals surface area contributed by atoms with Crippen molar-refractivity contribution < 1.29 is 23.1 Å². The summed E-state index contributed by atoms with van der Waals surface area (Å²) in [6.45, 7) is 0.314. The van der Waals surface area contributed by atoms with Crippen LogP contribution in [0.5, 0.6) is 0 Å². The quantitative estimate of drug-likeness (QED) is 0.821. The predicted molar refractivity (Wildman–Crippen MR) is 91.7 cm³/mol. The molecule has 0 spiro atoms. The SMILES string of the molecule is CS(=O)(=O)N1C[C@H]2CN(C(=O)Cc3cccc(Cl)c3)C[C@@]2(C(=O)O)C1. The molecule has 1 N–H and O–H groups in total. The third kappa shape index (κ3) is 3.38. The molecule has 2 fully saturated rings. The van der Waals surface area contributed by atoms with Crippen LogP contribution < -0.4 is 0 Å². The van der Waals surface area contributed by atoms with Gasteiger partial charge >= 0.3 is 5.97 Å². The minimum Gasteiger partial charge on any atom is -0.481 e. The summed E-state index contributed by atoms with van der Waals surface area (Å²) >= 11 is 5.92. The summed E-state index contributed by atoms with van der Waals surface area (Å²) in [7, 11) is -3.46. The Morgan fingerprint density at radius 2 is 2.04 bits per heavy atom. The summed E-state index contributed by atoms with van der Waals surface area (Å²) in [4.78, 5) is 26.0. The maximum Gasteiger partial charge on any atom is 0.313 e. The van der Waals surface area contributed by atoms with Crippen LogP contribution in [0.1, 0.15) is 5.56 Å². The Balaban J connectivity index is 1.76. The number of fused-ring (bicyclic) bond motifs is 1. The third-order valence-electron chi connectivity index (χ3n) is 5.07. The Bertz CT molecular complexity index is 828. The summed E-state index contributed by atoms with van der Waals surface area (Å²) in [6.07, 6.45) is 1.21. The summed E-state index contributed by atoms with van der Waals surface area (Å²) in [5.41, 5.74) is -0.468. The second-order valence-electron chi connectivity index (χ2n) is 6.79. The number of hydrogen-bond acceptors (Lipinski definition) is 4. The average Bonchev–Trinajstić information content (AvgIpc) is 3.01. The van der Waals surface area contributed by atoms with Gasteiger partial charge in [0.25, 0.3) is 0 Å². The maximum absolute atomic E-state index is 12.6. The van der Waals surface area contributed by atoms with Gasteiger partial charge in [-0.25, -0.2) is 12.7 Å². The van der Waals surface area contributed by atoms with Crippen molar-refractivity contribution in [3.8, 4) is 0 Å². The number of likely N-dealkylation sites (tertiary alicyclic amines) is 1. The number of carboxylic acids is 1. The van der Waals surface area contributed by atoms with Crippen molar-refractivity contribution in [2.45, 2.75) is 6.42 Å². The molecule has 2 aliphatic rings. The van der Waals surface area contributed by atoms with Gasteiger partial charge < -0.3 is 10.0 Å². The van der Waals surface area contributed by atoms with Crippen molar-refractivity contribution >= 4 is 33.5 Å². The van der Waals surface area contributed by atoms with E-state index in [0.717, 1.165) is 11.8 Å². The first-order chi connectivity index (χ1) is 11.6. The highest BCUT2D eigenvalue weighted by molar-refractivity contribution is 7.88. The van der Waals surface area contributed by atoms with E-state index in [4.69, 9.17) is 11.6 Å². The van der Waals surface area contributed by atoms with Crippen LogP contribution >= 0.6 is 11.6 Å². The lowest BCUT2D eigenvalue weighted by Gasteiger charge is -2.24. The minimum absolute atomic E-state index is 0.0262. The van der Waals surface area contributed by atoms with Gasteiger partial charge in [-0.05, 0) is 17.7 Å². The minimum atomic E-state index is -3.46. The molecular formula is C16H19ClN2O5S. The molecule has 136 valence electrons. The van der Waals surface area contributed by atoms with E-state index in [9.17, 15) is 23.1 Å². The number of carboxylic acid groups (broad SMARTS) is 1. The van der Waals surface area contributed by atoms with E-state index in [1.165, 1.54) is 9.21 Å². The number of carbonyl (C=O) groups excluding carboxylic acids is 1. The second kappa shape index (κ2) is 6.26. The topological polar surface area (TPSA) is 95.0 Å². The lowest BCUT2D eigenvalue weighted by atomic mass is 9.81. The Morgan fingerprint density at radius 1 is 1.32 bits per heavy atom. The van der Waals surface area contributed by atoms with Gasteiger partial charge in [-0.15, -0.1) is 0 Å². The lowest BCUT2D eigenvalue weighted by Crippen LogP contribution is -2.43. The van der Waals surface area contributed by atoms with E-state index in [-0.39, 0.29) is 38.5 Å². The van der Waals surface area contributed by atoms with Crippen molar-refractivity contribution in [2.75, 3.05) is 32.4 Å². The molecule has 2 atom stereocenters. The largest absolute Gasteiger partial charge is 0.481 e. The summed E-state index contributed by atoms with van der Waals surface area (Å²) < 4.78 is 24.7. The number of sulfonamides is 1. The number of amides is 1. The van der Waals surface area contributed by atoms with Crippen molar-refractivity contribution in [1.82, 2.24) is 9.21 Å². The van der Waals surface area contributed by atoms with Crippen LogP contribution in [0.3, 0.4) is 0 Å². The first-order valence-electron chi connectivity index (χ1n) is 7.82. The van der Waals surface area contributed by atoms with Crippen LogP contribution in [0.2, 0.25) is 5.02 Å². The number of rotatable bonds is 4. The zero-order valence-corrected chi connectivity index (χ0v) is 15.3. The smallest absolute Gasteiger partial charge is 0.313 e. The summed E-state index contributed by atoms with van der Waals surface area (Å²) in [6, 6.07) is 6.97. The third-order valence-corrected chi connectivity index (χ3v) is 6.52. The Hall–Kier alpha value is -1.64. The number of hydrogen-bond donors (Lipinski definition) is 1. The molecule has 9 heteroatoms. The molecule has 0 radical (unpaired) electrons. The van der Waals surface area contributed by atoms with Gasteiger partial charge in [0.15, 0.2) is 0 Å². The number of halogens is 1. The van der Waals surface area contributed by atoms with Crippen molar-refractivity contribution in [2.24, 2.45) is 11.3 Å². The van der Waals surface area contributed by atoms with E-state index in [1.54, 1.807) is 24.3 Å². The summed E-state index contributed by atoms with van der Waals surface area (Å²) in [5, 5.41) is 10.2. The van der Waals surface area contributed by atoms with Crippen LogP contribution in [0.25, 0.3) is 0 Å². The molecule has 1 aromatic rings. The molecule has 0 aliphatic carbocycles. The molecule has 0 aromatic heterocycles. The van der Waals surface area contributed by atoms with Crippen molar-refractivity contribution in [3.63, 3.8) is 0 Å². The molecule has 7 nitrogen and oxygen atoms in total. The molecule has 0 bridgehead atoms. The van der Waals surface area contributed by atoms with Crippen molar-refractivity contribution in [3.05, 3.63) is 34.9 Å². The molecule has 2 heterocycles. The monoisotopic (exact) mass is 386 g/mol.